The first-order chi connectivity index (χ1) is 7.60. The van der Waals surface area contributed by atoms with Gasteiger partial charge in [0.1, 0.15) is 6.07 Å². The summed E-state index contributed by atoms with van der Waals surface area (Å²) in [5, 5.41) is 9.29. The van der Waals surface area contributed by atoms with E-state index < -0.39 is 0 Å². The van der Waals surface area contributed by atoms with Gasteiger partial charge in [0, 0.05) is 17.9 Å². The summed E-state index contributed by atoms with van der Waals surface area (Å²) < 4.78 is 0. The van der Waals surface area contributed by atoms with Crippen molar-refractivity contribution in [2.24, 2.45) is 0 Å². The van der Waals surface area contributed by atoms with Gasteiger partial charge in [0.05, 0.1) is 10.6 Å². The summed E-state index contributed by atoms with van der Waals surface area (Å²) >= 11 is 6.01. The molecule has 0 heterocycles. The quantitative estimate of drug-likeness (QED) is 0.792. The fourth-order valence-corrected chi connectivity index (χ4v) is 1.69. The maximum Gasteiger partial charge on any atom is 0.101 e. The first-order valence-electron chi connectivity index (χ1n) is 5.21. The van der Waals surface area contributed by atoms with Crippen LogP contribution in [-0.2, 0) is 0 Å². The smallest absolute Gasteiger partial charge is 0.101 e. The first-order valence-corrected chi connectivity index (χ1v) is 5.58. The highest BCUT2D eigenvalue weighted by atomic mass is 35.5. The van der Waals surface area contributed by atoms with Crippen molar-refractivity contribution in [1.82, 2.24) is 0 Å². The van der Waals surface area contributed by atoms with E-state index in [0.717, 1.165) is 5.69 Å². The molecule has 16 heavy (non-hydrogen) atoms. The third kappa shape index (κ3) is 2.77. The van der Waals surface area contributed by atoms with Crippen molar-refractivity contribution in [3.8, 4) is 6.07 Å². The van der Waals surface area contributed by atoms with Gasteiger partial charge in [-0.05, 0) is 39.0 Å². The zero-order valence-electron chi connectivity index (χ0n) is 9.74. The third-order valence-electron chi connectivity index (χ3n) is 2.24. The largest absolute Gasteiger partial charge is 0.346 e. The number of allylic oxidation sites excluding steroid dienone is 1. The predicted molar refractivity (Wildman–Crippen MR) is 68.6 cm³/mol. The SMILES string of the molecule is C/C=C\N(c1ccc(C#N)c(Cl)c1)C(C)C. The van der Waals surface area contributed by atoms with Crippen LogP contribution in [0, 0.1) is 11.3 Å². The van der Waals surface area contributed by atoms with Gasteiger partial charge in [-0.2, -0.15) is 5.26 Å². The van der Waals surface area contributed by atoms with Gasteiger partial charge in [-0.1, -0.05) is 17.7 Å². The van der Waals surface area contributed by atoms with Crippen LogP contribution in [0.2, 0.25) is 5.02 Å². The summed E-state index contributed by atoms with van der Waals surface area (Å²) in [6.45, 7) is 6.18. The Hall–Kier alpha value is -1.46. The van der Waals surface area contributed by atoms with E-state index >= 15 is 0 Å². The highest BCUT2D eigenvalue weighted by Crippen LogP contribution is 2.24. The second-order valence-electron chi connectivity index (χ2n) is 3.76. The van der Waals surface area contributed by atoms with Crippen LogP contribution < -0.4 is 4.90 Å². The Balaban J connectivity index is 3.12. The van der Waals surface area contributed by atoms with Gasteiger partial charge in [-0.15, -0.1) is 0 Å². The molecule has 84 valence electrons. The van der Waals surface area contributed by atoms with E-state index in [2.05, 4.69) is 24.8 Å². The molecule has 0 amide bonds. The molecule has 0 spiro atoms. The molecule has 1 rings (SSSR count). The molecule has 0 bridgehead atoms. The molecule has 0 atom stereocenters. The molecule has 0 aromatic heterocycles. The van der Waals surface area contributed by atoms with Crippen molar-refractivity contribution in [3.05, 3.63) is 41.1 Å². The summed E-state index contributed by atoms with van der Waals surface area (Å²) in [7, 11) is 0. The lowest BCUT2D eigenvalue weighted by Crippen LogP contribution is -2.24. The van der Waals surface area contributed by atoms with Crippen molar-refractivity contribution >= 4 is 17.3 Å². The Kier molecular flexibility index (Phi) is 4.39. The number of halogens is 1. The minimum atomic E-state index is 0.347. The van der Waals surface area contributed by atoms with Crippen LogP contribution in [0.5, 0.6) is 0 Å². The van der Waals surface area contributed by atoms with Crippen LogP contribution in [0.4, 0.5) is 5.69 Å². The molecule has 0 radical (unpaired) electrons. The lowest BCUT2D eigenvalue weighted by atomic mass is 10.2. The van der Waals surface area contributed by atoms with Gasteiger partial charge < -0.3 is 4.90 Å². The molecular weight excluding hydrogens is 220 g/mol. The summed E-state index contributed by atoms with van der Waals surface area (Å²) in [5.41, 5.74) is 1.51. The van der Waals surface area contributed by atoms with E-state index in [9.17, 15) is 0 Å². The topological polar surface area (TPSA) is 27.0 Å². The second-order valence-corrected chi connectivity index (χ2v) is 4.17. The second kappa shape index (κ2) is 5.58. The van der Waals surface area contributed by atoms with Gasteiger partial charge in [0.15, 0.2) is 0 Å². The van der Waals surface area contributed by atoms with E-state index in [0.29, 0.717) is 16.6 Å². The Morgan fingerprint density at radius 2 is 2.12 bits per heavy atom. The molecular formula is C13H15ClN2. The fourth-order valence-electron chi connectivity index (χ4n) is 1.47. The number of hydrogen-bond donors (Lipinski definition) is 0. The first kappa shape index (κ1) is 12.6. The van der Waals surface area contributed by atoms with Crippen molar-refractivity contribution in [1.29, 1.82) is 5.26 Å². The Labute approximate surface area is 102 Å². The highest BCUT2D eigenvalue weighted by Gasteiger charge is 2.09. The predicted octanol–water partition coefficient (Wildman–Crippen LogP) is 3.96. The molecule has 0 unspecified atom stereocenters. The maximum atomic E-state index is 8.80. The van der Waals surface area contributed by atoms with E-state index in [4.69, 9.17) is 16.9 Å². The lowest BCUT2D eigenvalue weighted by Gasteiger charge is -2.25. The normalized spacial score (nSPS) is 10.8. The number of benzene rings is 1. The number of anilines is 1. The minimum absolute atomic E-state index is 0.347. The van der Waals surface area contributed by atoms with Crippen molar-refractivity contribution in [2.75, 3.05) is 4.90 Å². The van der Waals surface area contributed by atoms with Gasteiger partial charge in [-0.3, -0.25) is 0 Å². The fraction of sp³-hybridized carbons (Fsp3) is 0.308. The molecule has 0 aliphatic rings. The molecule has 0 N–H and O–H groups in total. The standard InChI is InChI=1S/C13H15ClN2/c1-4-7-16(10(2)3)12-6-5-11(9-15)13(14)8-12/h4-8,10H,1-3H3/b7-4-. The average Bonchev–Trinajstić information content (AvgIpc) is 2.25. The van der Waals surface area contributed by atoms with E-state index in [-0.39, 0.29) is 0 Å². The zero-order valence-corrected chi connectivity index (χ0v) is 10.5. The molecule has 1 aromatic rings. The summed E-state index contributed by atoms with van der Waals surface area (Å²) in [6.07, 6.45) is 3.98. The van der Waals surface area contributed by atoms with Crippen molar-refractivity contribution in [2.45, 2.75) is 26.8 Å². The molecule has 1 aromatic carbocycles. The van der Waals surface area contributed by atoms with Crippen LogP contribution in [0.3, 0.4) is 0 Å². The average molecular weight is 235 g/mol. The van der Waals surface area contributed by atoms with E-state index in [1.54, 1.807) is 6.07 Å². The number of nitrogens with zero attached hydrogens (tertiary/aromatic N) is 2. The van der Waals surface area contributed by atoms with E-state index in [1.165, 1.54) is 0 Å². The summed E-state index contributed by atoms with van der Waals surface area (Å²) in [5.74, 6) is 0. The molecule has 0 fully saturated rings. The van der Waals surface area contributed by atoms with Crippen LogP contribution in [0.25, 0.3) is 0 Å². The monoisotopic (exact) mass is 234 g/mol. The maximum absolute atomic E-state index is 8.80. The summed E-state index contributed by atoms with van der Waals surface area (Å²) in [4.78, 5) is 2.10. The lowest BCUT2D eigenvalue weighted by molar-refractivity contribution is 0.782. The van der Waals surface area contributed by atoms with Crippen LogP contribution >= 0.6 is 11.6 Å². The van der Waals surface area contributed by atoms with Crippen molar-refractivity contribution in [3.63, 3.8) is 0 Å². The molecule has 0 aliphatic heterocycles. The van der Waals surface area contributed by atoms with Gasteiger partial charge in [0.2, 0.25) is 0 Å². The summed E-state index contributed by atoms with van der Waals surface area (Å²) in [6, 6.07) is 7.87. The molecule has 3 heteroatoms. The third-order valence-corrected chi connectivity index (χ3v) is 2.55. The Morgan fingerprint density at radius 1 is 1.44 bits per heavy atom. The molecule has 2 nitrogen and oxygen atoms in total. The Morgan fingerprint density at radius 3 is 2.56 bits per heavy atom. The number of rotatable bonds is 3. The Bertz CT molecular complexity index is 430. The van der Waals surface area contributed by atoms with Gasteiger partial charge >= 0.3 is 0 Å². The molecule has 0 aliphatic carbocycles. The molecule has 0 saturated heterocycles. The zero-order chi connectivity index (χ0) is 12.1. The highest BCUT2D eigenvalue weighted by molar-refractivity contribution is 6.32. The van der Waals surface area contributed by atoms with Gasteiger partial charge in [0.25, 0.3) is 0 Å². The van der Waals surface area contributed by atoms with Crippen molar-refractivity contribution < 1.29 is 0 Å². The van der Waals surface area contributed by atoms with E-state index in [1.807, 2.05) is 31.3 Å². The van der Waals surface area contributed by atoms with Crippen LogP contribution in [0.15, 0.2) is 30.5 Å². The van der Waals surface area contributed by atoms with Crippen LogP contribution in [-0.4, -0.2) is 6.04 Å². The number of hydrogen-bond acceptors (Lipinski definition) is 2. The molecule has 0 saturated carbocycles. The minimum Gasteiger partial charge on any atom is -0.346 e. The number of nitriles is 1. The van der Waals surface area contributed by atoms with Crippen LogP contribution in [0.1, 0.15) is 26.3 Å². The van der Waals surface area contributed by atoms with Gasteiger partial charge in [-0.25, -0.2) is 0 Å².